The van der Waals surface area contributed by atoms with Crippen molar-refractivity contribution in [3.8, 4) is 0 Å². The van der Waals surface area contributed by atoms with Gasteiger partial charge in [-0.1, -0.05) is 71.3 Å². The zero-order valence-electron chi connectivity index (χ0n) is 15.6. The predicted molar refractivity (Wildman–Crippen MR) is 95.9 cm³/mol. The molecule has 0 aliphatic carbocycles. The number of ether oxygens (including phenoxy) is 1. The number of unbranched alkanes of at least 4 members (excludes halogenated alkanes) is 5. The molecule has 0 rings (SSSR count). The van der Waals surface area contributed by atoms with E-state index in [0.29, 0.717) is 12.5 Å². The van der Waals surface area contributed by atoms with Crippen LogP contribution < -0.4 is 0 Å². The van der Waals surface area contributed by atoms with Crippen LogP contribution in [-0.4, -0.2) is 12.6 Å². The summed E-state index contributed by atoms with van der Waals surface area (Å²) in [6.45, 7) is 11.3. The van der Waals surface area contributed by atoms with Crippen molar-refractivity contribution in [2.75, 3.05) is 6.61 Å². The average molecular weight is 311 g/mol. The summed E-state index contributed by atoms with van der Waals surface area (Å²) in [7, 11) is 0. The molecule has 0 aliphatic rings. The van der Waals surface area contributed by atoms with Gasteiger partial charge >= 0.3 is 5.97 Å². The molecule has 0 amide bonds. The third-order valence-electron chi connectivity index (χ3n) is 4.18. The van der Waals surface area contributed by atoms with E-state index in [1.54, 1.807) is 6.08 Å². The zero-order valence-corrected chi connectivity index (χ0v) is 15.6. The topological polar surface area (TPSA) is 26.3 Å². The fourth-order valence-electron chi connectivity index (χ4n) is 3.15. The molecule has 0 aromatic rings. The molecular weight excluding hydrogens is 272 g/mol. The Morgan fingerprint density at radius 2 is 1.64 bits per heavy atom. The number of esters is 1. The summed E-state index contributed by atoms with van der Waals surface area (Å²) in [4.78, 5) is 11.4. The van der Waals surface area contributed by atoms with Gasteiger partial charge in [0.1, 0.15) is 0 Å². The molecule has 0 saturated carbocycles. The molecule has 0 aromatic heterocycles. The Labute approximate surface area is 138 Å². The SMILES string of the molecule is CCCCCCCCC(C)CC(C)CC(C)=CC(=O)OCC. The first kappa shape index (κ1) is 21.2. The molecule has 0 heterocycles. The van der Waals surface area contributed by atoms with Crippen LogP contribution in [0.5, 0.6) is 0 Å². The predicted octanol–water partition coefficient (Wildman–Crippen LogP) is 6.30. The van der Waals surface area contributed by atoms with Crippen molar-refractivity contribution in [1.82, 2.24) is 0 Å². The maximum atomic E-state index is 11.4. The molecule has 0 spiro atoms. The Morgan fingerprint density at radius 3 is 2.27 bits per heavy atom. The number of rotatable bonds is 13. The lowest BCUT2D eigenvalue weighted by Gasteiger charge is -2.17. The molecule has 2 nitrogen and oxygen atoms in total. The van der Waals surface area contributed by atoms with Crippen molar-refractivity contribution in [1.29, 1.82) is 0 Å². The Kier molecular flexibility index (Phi) is 13.3. The Hall–Kier alpha value is -0.790. The highest BCUT2D eigenvalue weighted by Crippen LogP contribution is 2.23. The van der Waals surface area contributed by atoms with Crippen LogP contribution in [0.4, 0.5) is 0 Å². The maximum Gasteiger partial charge on any atom is 0.330 e. The molecule has 0 saturated heterocycles. The summed E-state index contributed by atoms with van der Waals surface area (Å²) >= 11 is 0. The van der Waals surface area contributed by atoms with Crippen molar-refractivity contribution in [3.05, 3.63) is 11.6 Å². The van der Waals surface area contributed by atoms with Crippen LogP contribution in [0.1, 0.15) is 92.4 Å². The summed E-state index contributed by atoms with van der Waals surface area (Å²) in [5.41, 5.74) is 1.14. The van der Waals surface area contributed by atoms with Crippen LogP contribution in [0.15, 0.2) is 11.6 Å². The van der Waals surface area contributed by atoms with Gasteiger partial charge in [0.15, 0.2) is 0 Å². The lowest BCUT2D eigenvalue weighted by molar-refractivity contribution is -0.137. The second-order valence-electron chi connectivity index (χ2n) is 6.95. The van der Waals surface area contributed by atoms with Crippen molar-refractivity contribution in [2.24, 2.45) is 11.8 Å². The Bertz CT molecular complexity index is 307. The fraction of sp³-hybridized carbons (Fsp3) is 0.850. The van der Waals surface area contributed by atoms with E-state index in [4.69, 9.17) is 4.74 Å². The number of carbonyl (C=O) groups is 1. The molecule has 0 aliphatic heterocycles. The van der Waals surface area contributed by atoms with E-state index in [-0.39, 0.29) is 5.97 Å². The first-order valence-corrected chi connectivity index (χ1v) is 9.33. The van der Waals surface area contributed by atoms with Crippen molar-refractivity contribution in [2.45, 2.75) is 92.4 Å². The van der Waals surface area contributed by atoms with E-state index in [1.807, 2.05) is 13.8 Å². The van der Waals surface area contributed by atoms with Crippen LogP contribution in [0.25, 0.3) is 0 Å². The second-order valence-corrected chi connectivity index (χ2v) is 6.95. The lowest BCUT2D eigenvalue weighted by atomic mass is 9.89. The van der Waals surface area contributed by atoms with Gasteiger partial charge in [0, 0.05) is 6.08 Å². The van der Waals surface area contributed by atoms with Crippen LogP contribution in [-0.2, 0) is 9.53 Å². The van der Waals surface area contributed by atoms with Gasteiger partial charge in [-0.05, 0) is 38.5 Å². The molecule has 130 valence electrons. The molecule has 0 bridgehead atoms. The summed E-state index contributed by atoms with van der Waals surface area (Å²) in [6.07, 6.45) is 13.5. The molecular formula is C20H38O2. The summed E-state index contributed by atoms with van der Waals surface area (Å²) in [5, 5.41) is 0. The average Bonchev–Trinajstić information content (AvgIpc) is 2.42. The normalized spacial score (nSPS) is 14.7. The monoisotopic (exact) mass is 310 g/mol. The van der Waals surface area contributed by atoms with E-state index in [9.17, 15) is 4.79 Å². The van der Waals surface area contributed by atoms with Crippen molar-refractivity contribution >= 4 is 5.97 Å². The third kappa shape index (κ3) is 12.9. The minimum Gasteiger partial charge on any atom is -0.463 e. The molecule has 0 N–H and O–H groups in total. The highest BCUT2D eigenvalue weighted by Gasteiger charge is 2.10. The summed E-state index contributed by atoms with van der Waals surface area (Å²) in [5.74, 6) is 1.23. The van der Waals surface area contributed by atoms with Gasteiger partial charge in [0.05, 0.1) is 6.61 Å². The first-order chi connectivity index (χ1) is 10.5. The fourth-order valence-corrected chi connectivity index (χ4v) is 3.15. The summed E-state index contributed by atoms with van der Waals surface area (Å²) in [6, 6.07) is 0. The number of hydrogen-bond acceptors (Lipinski definition) is 2. The molecule has 0 aromatic carbocycles. The standard InChI is InChI=1S/C20H38O2/c1-6-8-9-10-11-12-13-17(3)14-18(4)15-19(5)16-20(21)22-7-2/h16-18H,6-15H2,1-5H3. The Morgan fingerprint density at radius 1 is 1.00 bits per heavy atom. The third-order valence-corrected chi connectivity index (χ3v) is 4.18. The molecule has 2 atom stereocenters. The van der Waals surface area contributed by atoms with Gasteiger partial charge in [-0.3, -0.25) is 0 Å². The van der Waals surface area contributed by atoms with Crippen molar-refractivity contribution < 1.29 is 9.53 Å². The largest absolute Gasteiger partial charge is 0.463 e. The molecule has 2 unspecified atom stereocenters. The van der Waals surface area contributed by atoms with E-state index < -0.39 is 0 Å². The van der Waals surface area contributed by atoms with Crippen molar-refractivity contribution in [3.63, 3.8) is 0 Å². The Balaban J connectivity index is 3.80. The van der Waals surface area contributed by atoms with Gasteiger partial charge in [-0.2, -0.15) is 0 Å². The first-order valence-electron chi connectivity index (χ1n) is 9.33. The zero-order chi connectivity index (χ0) is 16.8. The van der Waals surface area contributed by atoms with E-state index in [0.717, 1.165) is 17.9 Å². The van der Waals surface area contributed by atoms with Gasteiger partial charge in [-0.25, -0.2) is 4.79 Å². The minimum absolute atomic E-state index is 0.202. The number of allylic oxidation sites excluding steroid dienone is 1. The maximum absolute atomic E-state index is 11.4. The van der Waals surface area contributed by atoms with Gasteiger partial charge in [0.25, 0.3) is 0 Å². The second kappa shape index (κ2) is 13.8. The number of carbonyl (C=O) groups excluding carboxylic acids is 1. The van der Waals surface area contributed by atoms with Gasteiger partial charge in [0.2, 0.25) is 0 Å². The van der Waals surface area contributed by atoms with E-state index >= 15 is 0 Å². The van der Waals surface area contributed by atoms with E-state index in [1.165, 1.54) is 51.4 Å². The summed E-state index contributed by atoms with van der Waals surface area (Å²) < 4.78 is 4.95. The molecule has 0 radical (unpaired) electrons. The lowest BCUT2D eigenvalue weighted by Crippen LogP contribution is -2.06. The highest BCUT2D eigenvalue weighted by molar-refractivity contribution is 5.82. The molecule has 22 heavy (non-hydrogen) atoms. The van der Waals surface area contributed by atoms with Gasteiger partial charge in [-0.15, -0.1) is 0 Å². The molecule has 2 heteroatoms. The quantitative estimate of drug-likeness (QED) is 0.227. The highest BCUT2D eigenvalue weighted by atomic mass is 16.5. The van der Waals surface area contributed by atoms with Crippen LogP contribution in [0, 0.1) is 11.8 Å². The van der Waals surface area contributed by atoms with Crippen LogP contribution in [0.2, 0.25) is 0 Å². The van der Waals surface area contributed by atoms with Gasteiger partial charge < -0.3 is 4.74 Å². The smallest absolute Gasteiger partial charge is 0.330 e. The van der Waals surface area contributed by atoms with Crippen LogP contribution in [0.3, 0.4) is 0 Å². The minimum atomic E-state index is -0.202. The molecule has 0 fully saturated rings. The van der Waals surface area contributed by atoms with E-state index in [2.05, 4.69) is 20.8 Å². The van der Waals surface area contributed by atoms with Crippen LogP contribution >= 0.6 is 0 Å². The number of hydrogen-bond donors (Lipinski definition) is 0.